The Balaban J connectivity index is 2.48. The van der Waals surface area contributed by atoms with Crippen LogP contribution in [0, 0.1) is 17.2 Å². The zero-order valence-corrected chi connectivity index (χ0v) is 12.5. The molecule has 0 aromatic heterocycles. The largest absolute Gasteiger partial charge is 0.493 e. The van der Waals surface area contributed by atoms with E-state index in [0.717, 1.165) is 6.42 Å². The number of hydrogen-bond donors (Lipinski definition) is 2. The van der Waals surface area contributed by atoms with E-state index in [1.807, 2.05) is 25.1 Å². The van der Waals surface area contributed by atoms with E-state index in [-0.39, 0.29) is 11.8 Å². The Labute approximate surface area is 126 Å². The highest BCUT2D eigenvalue weighted by molar-refractivity contribution is 5.91. The monoisotopic (exact) mass is 289 g/mol. The number of anilines is 1. The summed E-state index contributed by atoms with van der Waals surface area (Å²) in [6, 6.07) is 9.34. The molecule has 0 aliphatic carbocycles. The van der Waals surface area contributed by atoms with Crippen molar-refractivity contribution in [3.63, 3.8) is 0 Å². The zero-order chi connectivity index (χ0) is 15.5. The third kappa shape index (κ3) is 6.77. The van der Waals surface area contributed by atoms with Crippen molar-refractivity contribution in [3.05, 3.63) is 24.3 Å². The molecule has 1 rings (SSSR count). The van der Waals surface area contributed by atoms with Crippen molar-refractivity contribution in [1.82, 2.24) is 0 Å². The van der Waals surface area contributed by atoms with Crippen LogP contribution in [0.4, 0.5) is 5.69 Å². The molecule has 1 amide bonds. The maximum Gasteiger partial charge on any atom is 0.224 e. The first-order chi connectivity index (χ1) is 10.2. The molecule has 0 fully saturated rings. The van der Waals surface area contributed by atoms with E-state index in [1.54, 1.807) is 6.07 Å². The van der Waals surface area contributed by atoms with Crippen molar-refractivity contribution >= 4 is 11.6 Å². The average molecular weight is 289 g/mol. The van der Waals surface area contributed by atoms with E-state index < -0.39 is 0 Å². The zero-order valence-electron chi connectivity index (χ0n) is 12.5. The molecule has 114 valence electrons. The van der Waals surface area contributed by atoms with Gasteiger partial charge in [-0.3, -0.25) is 4.79 Å². The van der Waals surface area contributed by atoms with Crippen molar-refractivity contribution in [1.29, 1.82) is 5.26 Å². The second-order valence-corrected chi connectivity index (χ2v) is 4.90. The molecule has 0 saturated heterocycles. The Morgan fingerprint density at radius 2 is 2.33 bits per heavy atom. The van der Waals surface area contributed by atoms with Gasteiger partial charge in [0, 0.05) is 24.6 Å². The van der Waals surface area contributed by atoms with Crippen LogP contribution in [0.2, 0.25) is 0 Å². The molecule has 0 aliphatic rings. The van der Waals surface area contributed by atoms with Crippen molar-refractivity contribution in [2.24, 2.45) is 11.7 Å². The molecule has 5 nitrogen and oxygen atoms in total. The molecule has 1 aromatic carbocycles. The van der Waals surface area contributed by atoms with Crippen LogP contribution in [0.3, 0.4) is 0 Å². The number of carbonyl (C=O) groups is 1. The van der Waals surface area contributed by atoms with Crippen molar-refractivity contribution in [3.8, 4) is 11.8 Å². The Morgan fingerprint density at radius 1 is 1.52 bits per heavy atom. The second kappa shape index (κ2) is 9.78. The number of nitriles is 1. The predicted octanol–water partition coefficient (Wildman–Crippen LogP) is 2.68. The van der Waals surface area contributed by atoms with E-state index in [4.69, 9.17) is 15.7 Å². The van der Waals surface area contributed by atoms with Crippen LogP contribution in [0.25, 0.3) is 0 Å². The number of amides is 1. The first-order valence-corrected chi connectivity index (χ1v) is 7.29. The van der Waals surface area contributed by atoms with Crippen molar-refractivity contribution in [2.75, 3.05) is 18.5 Å². The molecule has 1 unspecified atom stereocenters. The van der Waals surface area contributed by atoms with E-state index in [2.05, 4.69) is 11.4 Å². The fourth-order valence-electron chi connectivity index (χ4n) is 1.87. The molecule has 0 radical (unpaired) electrons. The molecule has 0 spiro atoms. The van der Waals surface area contributed by atoms with Gasteiger partial charge in [0.25, 0.3) is 0 Å². The Bertz CT molecular complexity index is 479. The Morgan fingerprint density at radius 3 is 3.00 bits per heavy atom. The third-order valence-electron chi connectivity index (χ3n) is 3.20. The highest BCUT2D eigenvalue weighted by Gasteiger charge is 2.10. The van der Waals surface area contributed by atoms with Gasteiger partial charge in [0.1, 0.15) is 5.75 Å². The lowest BCUT2D eigenvalue weighted by molar-refractivity contribution is -0.117. The van der Waals surface area contributed by atoms with Gasteiger partial charge in [-0.15, -0.1) is 0 Å². The number of rotatable bonds is 9. The highest BCUT2D eigenvalue weighted by atomic mass is 16.5. The molecule has 1 aromatic rings. The summed E-state index contributed by atoms with van der Waals surface area (Å²) in [5, 5.41) is 11.3. The quantitative estimate of drug-likeness (QED) is 0.684. The summed E-state index contributed by atoms with van der Waals surface area (Å²) in [4.78, 5) is 11.9. The molecular weight excluding hydrogens is 266 g/mol. The SMILES string of the molecule is CCC(CN)CC(=O)Nc1cccc(OCCCC#N)c1. The number of hydrogen-bond acceptors (Lipinski definition) is 4. The predicted molar refractivity (Wildman–Crippen MR) is 82.9 cm³/mol. The maximum atomic E-state index is 11.9. The van der Waals surface area contributed by atoms with Crippen LogP contribution in [0.5, 0.6) is 5.75 Å². The number of nitrogens with zero attached hydrogens (tertiary/aromatic N) is 1. The molecule has 0 aliphatic heterocycles. The van der Waals surface area contributed by atoms with E-state index in [9.17, 15) is 4.79 Å². The van der Waals surface area contributed by atoms with Gasteiger partial charge in [-0.25, -0.2) is 0 Å². The number of ether oxygens (including phenoxy) is 1. The van der Waals surface area contributed by atoms with Gasteiger partial charge in [-0.1, -0.05) is 19.4 Å². The van der Waals surface area contributed by atoms with Crippen molar-refractivity contribution in [2.45, 2.75) is 32.6 Å². The lowest BCUT2D eigenvalue weighted by Crippen LogP contribution is -2.21. The maximum absolute atomic E-state index is 11.9. The summed E-state index contributed by atoms with van der Waals surface area (Å²) in [5.41, 5.74) is 6.32. The summed E-state index contributed by atoms with van der Waals surface area (Å²) in [6.07, 6.45) is 2.50. The van der Waals surface area contributed by atoms with Gasteiger partial charge in [-0.2, -0.15) is 5.26 Å². The first-order valence-electron chi connectivity index (χ1n) is 7.29. The number of carbonyl (C=O) groups excluding carboxylic acids is 1. The second-order valence-electron chi connectivity index (χ2n) is 4.90. The number of nitrogens with one attached hydrogen (secondary N) is 1. The highest BCUT2D eigenvalue weighted by Crippen LogP contribution is 2.18. The van der Waals surface area contributed by atoms with Crippen LogP contribution in [-0.4, -0.2) is 19.1 Å². The number of benzene rings is 1. The molecule has 0 heterocycles. The van der Waals surface area contributed by atoms with Gasteiger partial charge in [0.2, 0.25) is 5.91 Å². The standard InChI is InChI=1S/C16H23N3O2/c1-2-13(12-18)10-16(20)19-14-6-5-7-15(11-14)21-9-4-3-8-17/h5-7,11,13H,2-4,9-10,12,18H2,1H3,(H,19,20). The van der Waals surface area contributed by atoms with E-state index >= 15 is 0 Å². The van der Waals surface area contributed by atoms with E-state index in [1.165, 1.54) is 0 Å². The van der Waals surface area contributed by atoms with Crippen LogP contribution in [-0.2, 0) is 4.79 Å². The van der Waals surface area contributed by atoms with Crippen LogP contribution < -0.4 is 15.8 Å². The minimum atomic E-state index is -0.0334. The average Bonchev–Trinajstić information content (AvgIpc) is 2.49. The summed E-state index contributed by atoms with van der Waals surface area (Å²) in [6.45, 7) is 3.04. The summed E-state index contributed by atoms with van der Waals surface area (Å²) in [5.74, 6) is 0.876. The van der Waals surface area contributed by atoms with Crippen molar-refractivity contribution < 1.29 is 9.53 Å². The molecule has 0 bridgehead atoms. The molecular formula is C16H23N3O2. The summed E-state index contributed by atoms with van der Waals surface area (Å²) >= 11 is 0. The normalized spacial score (nSPS) is 11.5. The van der Waals surface area contributed by atoms with Gasteiger partial charge in [-0.05, 0) is 31.0 Å². The van der Waals surface area contributed by atoms with Crippen LogP contribution >= 0.6 is 0 Å². The minimum Gasteiger partial charge on any atom is -0.493 e. The fraction of sp³-hybridized carbons (Fsp3) is 0.500. The molecule has 0 saturated carbocycles. The van der Waals surface area contributed by atoms with Crippen LogP contribution in [0.15, 0.2) is 24.3 Å². The molecule has 5 heteroatoms. The lowest BCUT2D eigenvalue weighted by Gasteiger charge is -2.12. The Hall–Kier alpha value is -2.06. The first kappa shape index (κ1) is 17.0. The lowest BCUT2D eigenvalue weighted by atomic mass is 10.0. The minimum absolute atomic E-state index is 0.0334. The molecule has 21 heavy (non-hydrogen) atoms. The summed E-state index contributed by atoms with van der Waals surface area (Å²) in [7, 11) is 0. The van der Waals surface area contributed by atoms with Gasteiger partial charge >= 0.3 is 0 Å². The third-order valence-corrected chi connectivity index (χ3v) is 3.20. The van der Waals surface area contributed by atoms with Crippen LogP contribution in [0.1, 0.15) is 32.6 Å². The number of nitrogens with two attached hydrogens (primary N) is 1. The topological polar surface area (TPSA) is 88.1 Å². The fourth-order valence-corrected chi connectivity index (χ4v) is 1.87. The summed E-state index contributed by atoms with van der Waals surface area (Å²) < 4.78 is 5.53. The van der Waals surface area contributed by atoms with Gasteiger partial charge < -0.3 is 15.8 Å². The van der Waals surface area contributed by atoms with Gasteiger partial charge in [0.05, 0.1) is 12.7 Å². The van der Waals surface area contributed by atoms with E-state index in [0.29, 0.717) is 43.9 Å². The molecule has 1 atom stereocenters. The smallest absolute Gasteiger partial charge is 0.224 e. The molecule has 3 N–H and O–H groups in total. The number of unbranched alkanes of at least 4 members (excludes halogenated alkanes) is 1. The van der Waals surface area contributed by atoms with Gasteiger partial charge in [0.15, 0.2) is 0 Å². The Kier molecular flexibility index (Phi) is 7.92.